The number of nitrogens with two attached hydrogens (primary N) is 1. The second-order valence-corrected chi connectivity index (χ2v) is 4.62. The lowest BCUT2D eigenvalue weighted by atomic mass is 10.1. The molecule has 1 unspecified atom stereocenters. The molecule has 0 spiro atoms. The minimum atomic E-state index is 0.182. The van der Waals surface area contributed by atoms with Crippen LogP contribution in [0.2, 0.25) is 0 Å². The Kier molecular flexibility index (Phi) is 4.40. The Labute approximate surface area is 118 Å². The molecule has 0 saturated carbocycles. The van der Waals surface area contributed by atoms with E-state index in [1.54, 1.807) is 26.5 Å². The maximum absolute atomic E-state index is 6.02. The molecule has 1 aromatic heterocycles. The van der Waals surface area contributed by atoms with E-state index in [0.29, 0.717) is 17.2 Å². The topological polar surface area (TPSA) is 69.7 Å². The lowest BCUT2D eigenvalue weighted by Crippen LogP contribution is -2.18. The van der Waals surface area contributed by atoms with Gasteiger partial charge in [0.1, 0.15) is 5.76 Å². The molecule has 5 nitrogen and oxygen atoms in total. The van der Waals surface area contributed by atoms with E-state index < -0.39 is 0 Å². The molecule has 3 N–H and O–H groups in total. The predicted molar refractivity (Wildman–Crippen MR) is 79.5 cm³/mol. The number of hydrogen-bond donors (Lipinski definition) is 2. The summed E-state index contributed by atoms with van der Waals surface area (Å²) in [5, 5.41) is 3.35. The fourth-order valence-corrected chi connectivity index (χ4v) is 2.07. The molecule has 2 rings (SSSR count). The second-order valence-electron chi connectivity index (χ2n) is 4.62. The Morgan fingerprint density at radius 3 is 2.55 bits per heavy atom. The van der Waals surface area contributed by atoms with Gasteiger partial charge in [0.2, 0.25) is 0 Å². The average molecular weight is 276 g/mol. The quantitative estimate of drug-likeness (QED) is 0.794. The Hall–Kier alpha value is -2.30. The van der Waals surface area contributed by atoms with Crippen molar-refractivity contribution in [1.82, 2.24) is 0 Å². The van der Waals surface area contributed by atoms with Crippen LogP contribution in [0.3, 0.4) is 0 Å². The van der Waals surface area contributed by atoms with E-state index >= 15 is 0 Å². The van der Waals surface area contributed by atoms with Gasteiger partial charge in [-0.1, -0.05) is 0 Å². The van der Waals surface area contributed by atoms with E-state index in [0.717, 1.165) is 17.9 Å². The van der Waals surface area contributed by atoms with Gasteiger partial charge in [0.15, 0.2) is 11.5 Å². The van der Waals surface area contributed by atoms with Gasteiger partial charge in [-0.3, -0.25) is 0 Å². The summed E-state index contributed by atoms with van der Waals surface area (Å²) in [5.74, 6) is 2.20. The van der Waals surface area contributed by atoms with Crippen molar-refractivity contribution in [2.75, 3.05) is 25.3 Å². The maximum atomic E-state index is 6.02. The van der Waals surface area contributed by atoms with E-state index in [9.17, 15) is 0 Å². The Morgan fingerprint density at radius 2 is 1.95 bits per heavy atom. The van der Waals surface area contributed by atoms with Crippen molar-refractivity contribution in [3.05, 3.63) is 36.3 Å². The van der Waals surface area contributed by atoms with E-state index in [1.807, 2.05) is 18.2 Å². The molecule has 1 aromatic carbocycles. The molecule has 108 valence electrons. The highest BCUT2D eigenvalue weighted by molar-refractivity contribution is 5.72. The first-order valence-corrected chi connectivity index (χ1v) is 6.44. The number of methoxy groups -OCH3 is 2. The van der Waals surface area contributed by atoms with Gasteiger partial charge < -0.3 is 24.9 Å². The number of anilines is 2. The van der Waals surface area contributed by atoms with Gasteiger partial charge in [-0.25, -0.2) is 0 Å². The van der Waals surface area contributed by atoms with Gasteiger partial charge in [-0.15, -0.1) is 0 Å². The summed E-state index contributed by atoms with van der Waals surface area (Å²) in [6, 6.07) is 7.61. The normalized spacial score (nSPS) is 11.9. The summed E-state index contributed by atoms with van der Waals surface area (Å²) in [4.78, 5) is 0. The van der Waals surface area contributed by atoms with E-state index in [4.69, 9.17) is 19.6 Å². The third-order valence-electron chi connectivity index (χ3n) is 3.05. The second kappa shape index (κ2) is 6.23. The zero-order chi connectivity index (χ0) is 14.5. The van der Waals surface area contributed by atoms with Crippen molar-refractivity contribution in [2.24, 2.45) is 0 Å². The molecule has 1 heterocycles. The highest BCUT2D eigenvalue weighted by atomic mass is 16.5. The van der Waals surface area contributed by atoms with Crippen LogP contribution in [0.1, 0.15) is 12.7 Å². The summed E-state index contributed by atoms with van der Waals surface area (Å²) < 4.78 is 15.8. The average Bonchev–Trinajstić information content (AvgIpc) is 2.93. The maximum Gasteiger partial charge on any atom is 0.162 e. The molecule has 0 saturated heterocycles. The van der Waals surface area contributed by atoms with Crippen molar-refractivity contribution in [2.45, 2.75) is 19.4 Å². The summed E-state index contributed by atoms with van der Waals surface area (Å²) in [6.07, 6.45) is 2.45. The molecule has 1 atom stereocenters. The van der Waals surface area contributed by atoms with Crippen molar-refractivity contribution in [1.29, 1.82) is 0 Å². The third kappa shape index (κ3) is 3.17. The van der Waals surface area contributed by atoms with Crippen molar-refractivity contribution < 1.29 is 13.9 Å². The zero-order valence-corrected chi connectivity index (χ0v) is 12.0. The van der Waals surface area contributed by atoms with E-state index in [-0.39, 0.29) is 6.04 Å². The molecule has 0 radical (unpaired) electrons. The van der Waals surface area contributed by atoms with Crippen LogP contribution in [0.4, 0.5) is 11.4 Å². The number of furan rings is 1. The summed E-state index contributed by atoms with van der Waals surface area (Å²) >= 11 is 0. The molecule has 20 heavy (non-hydrogen) atoms. The van der Waals surface area contributed by atoms with Crippen molar-refractivity contribution in [3.63, 3.8) is 0 Å². The van der Waals surface area contributed by atoms with Crippen LogP contribution in [0.15, 0.2) is 34.9 Å². The summed E-state index contributed by atoms with van der Waals surface area (Å²) in [5.41, 5.74) is 7.46. The number of ether oxygens (including phenoxy) is 2. The molecule has 0 bridgehead atoms. The van der Waals surface area contributed by atoms with Crippen LogP contribution in [-0.2, 0) is 6.42 Å². The number of nitrogen functional groups attached to an aromatic ring is 1. The predicted octanol–water partition coefficient (Wildman–Crippen LogP) is 2.92. The molecule has 0 fully saturated rings. The Balaban J connectivity index is 2.12. The number of rotatable bonds is 6. The zero-order valence-electron chi connectivity index (χ0n) is 12.0. The monoisotopic (exact) mass is 276 g/mol. The fraction of sp³-hybridized carbons (Fsp3) is 0.333. The number of benzene rings is 1. The smallest absolute Gasteiger partial charge is 0.162 e. The van der Waals surface area contributed by atoms with Crippen LogP contribution in [-0.4, -0.2) is 20.3 Å². The highest BCUT2D eigenvalue weighted by Gasteiger charge is 2.12. The summed E-state index contributed by atoms with van der Waals surface area (Å²) in [6.45, 7) is 2.07. The lowest BCUT2D eigenvalue weighted by molar-refractivity contribution is 0.355. The van der Waals surface area contributed by atoms with Crippen molar-refractivity contribution >= 4 is 11.4 Å². The lowest BCUT2D eigenvalue weighted by Gasteiger charge is -2.18. The fourth-order valence-electron chi connectivity index (χ4n) is 2.07. The molecule has 0 aliphatic heterocycles. The summed E-state index contributed by atoms with van der Waals surface area (Å²) in [7, 11) is 3.19. The van der Waals surface area contributed by atoms with E-state index in [2.05, 4.69) is 12.2 Å². The minimum Gasteiger partial charge on any atom is -0.493 e. The minimum absolute atomic E-state index is 0.182. The largest absolute Gasteiger partial charge is 0.493 e. The van der Waals surface area contributed by atoms with Gasteiger partial charge in [-0.2, -0.15) is 0 Å². The first-order chi connectivity index (χ1) is 9.63. The van der Waals surface area contributed by atoms with Crippen LogP contribution in [0, 0.1) is 0 Å². The molecule has 0 aliphatic rings. The molecule has 2 aromatic rings. The van der Waals surface area contributed by atoms with Crippen LogP contribution in [0.5, 0.6) is 11.5 Å². The Bertz CT molecular complexity index is 552. The van der Waals surface area contributed by atoms with Crippen LogP contribution >= 0.6 is 0 Å². The Morgan fingerprint density at radius 1 is 1.25 bits per heavy atom. The first kappa shape index (κ1) is 14.1. The van der Waals surface area contributed by atoms with Gasteiger partial charge >= 0.3 is 0 Å². The molecule has 0 amide bonds. The van der Waals surface area contributed by atoms with Gasteiger partial charge in [0.05, 0.1) is 31.9 Å². The van der Waals surface area contributed by atoms with Crippen LogP contribution in [0.25, 0.3) is 0 Å². The molecule has 0 aliphatic carbocycles. The van der Waals surface area contributed by atoms with E-state index in [1.165, 1.54) is 0 Å². The third-order valence-corrected chi connectivity index (χ3v) is 3.05. The highest BCUT2D eigenvalue weighted by Crippen LogP contribution is 2.35. The molecular weight excluding hydrogens is 256 g/mol. The first-order valence-electron chi connectivity index (χ1n) is 6.44. The van der Waals surface area contributed by atoms with Gasteiger partial charge in [0.25, 0.3) is 0 Å². The number of hydrogen-bond acceptors (Lipinski definition) is 5. The van der Waals surface area contributed by atoms with Crippen LogP contribution < -0.4 is 20.5 Å². The van der Waals surface area contributed by atoms with Gasteiger partial charge in [0, 0.05) is 24.6 Å². The molecular formula is C15H20N2O3. The number of nitrogens with one attached hydrogen (secondary N) is 1. The standard InChI is InChI=1S/C15H20N2O3/c1-10(7-11-5-4-6-20-11)17-13-9-15(19-3)14(18-2)8-12(13)16/h4-6,8-10,17H,7,16H2,1-3H3. The van der Waals surface area contributed by atoms with Gasteiger partial charge in [-0.05, 0) is 19.1 Å². The SMILES string of the molecule is COc1cc(N)c(NC(C)Cc2ccco2)cc1OC. The van der Waals surface area contributed by atoms with Crippen molar-refractivity contribution in [3.8, 4) is 11.5 Å². The molecule has 5 heteroatoms.